The predicted molar refractivity (Wildman–Crippen MR) is 111 cm³/mol. The minimum absolute atomic E-state index is 0.0181. The van der Waals surface area contributed by atoms with Crippen molar-refractivity contribution in [2.45, 2.75) is 71.8 Å². The number of methoxy groups -OCH3 is 2. The number of carbonyl (C=O) groups is 1. The first-order chi connectivity index (χ1) is 13.0. The zero-order valence-corrected chi connectivity index (χ0v) is 18.3. The molecule has 2 fully saturated rings. The molecule has 2 aliphatic rings. The summed E-state index contributed by atoms with van der Waals surface area (Å²) in [7, 11) is 3.16. The number of Topliss-reactive ketones (excluding diaryl/α,β-unsaturated/α-hetero) is 1. The molecule has 2 saturated carbocycles. The molecule has 28 heavy (non-hydrogen) atoms. The van der Waals surface area contributed by atoms with E-state index in [-0.39, 0.29) is 22.5 Å². The van der Waals surface area contributed by atoms with E-state index in [1.54, 1.807) is 32.4 Å². The van der Waals surface area contributed by atoms with Crippen molar-refractivity contribution < 1.29 is 19.4 Å². The maximum Gasteiger partial charge on any atom is 0.163 e. The fraction of sp³-hybridized carbons (Fsp3) is 0.708. The van der Waals surface area contributed by atoms with Gasteiger partial charge in [-0.1, -0.05) is 27.2 Å². The molecule has 1 unspecified atom stereocenters. The van der Waals surface area contributed by atoms with E-state index in [9.17, 15) is 9.90 Å². The highest BCUT2D eigenvalue weighted by Gasteiger charge is 2.58. The Hall–Kier alpha value is -1.55. The Labute approximate surface area is 169 Å². The Morgan fingerprint density at radius 1 is 1.07 bits per heavy atom. The molecular formula is C24H36O4. The lowest BCUT2D eigenvalue weighted by Crippen LogP contribution is -2.58. The van der Waals surface area contributed by atoms with E-state index in [2.05, 4.69) is 20.8 Å². The molecule has 1 aromatic carbocycles. The average Bonchev–Trinajstić information content (AvgIpc) is 2.63. The number of hydrogen-bond acceptors (Lipinski definition) is 4. The van der Waals surface area contributed by atoms with Crippen LogP contribution in [0.2, 0.25) is 0 Å². The summed E-state index contributed by atoms with van der Waals surface area (Å²) in [6, 6.07) is 5.33. The average molecular weight is 389 g/mol. The highest BCUT2D eigenvalue weighted by molar-refractivity contribution is 5.97. The lowest BCUT2D eigenvalue weighted by molar-refractivity contribution is -0.165. The van der Waals surface area contributed by atoms with Gasteiger partial charge in [-0.05, 0) is 67.6 Å². The van der Waals surface area contributed by atoms with Gasteiger partial charge in [-0.15, -0.1) is 0 Å². The van der Waals surface area contributed by atoms with E-state index in [1.165, 1.54) is 6.42 Å². The molecule has 3 rings (SSSR count). The molecule has 0 spiro atoms. The number of ether oxygens (including phenoxy) is 2. The zero-order valence-electron chi connectivity index (χ0n) is 18.3. The molecule has 0 radical (unpaired) electrons. The van der Waals surface area contributed by atoms with Gasteiger partial charge in [-0.2, -0.15) is 0 Å². The van der Waals surface area contributed by atoms with Crippen molar-refractivity contribution in [3.8, 4) is 11.5 Å². The monoisotopic (exact) mass is 388 g/mol. The summed E-state index contributed by atoms with van der Waals surface area (Å²) in [5, 5.41) is 11.3. The molecule has 0 bridgehead atoms. The third-order valence-corrected chi connectivity index (χ3v) is 7.86. The van der Waals surface area contributed by atoms with Gasteiger partial charge in [-0.3, -0.25) is 4.79 Å². The number of hydrogen-bond donors (Lipinski definition) is 1. The minimum atomic E-state index is -0.815. The largest absolute Gasteiger partial charge is 0.493 e. The van der Waals surface area contributed by atoms with Crippen molar-refractivity contribution in [2.24, 2.45) is 22.7 Å². The Balaban J connectivity index is 1.91. The van der Waals surface area contributed by atoms with Gasteiger partial charge in [0.15, 0.2) is 17.3 Å². The van der Waals surface area contributed by atoms with E-state index in [4.69, 9.17) is 9.47 Å². The Morgan fingerprint density at radius 2 is 1.75 bits per heavy atom. The number of aliphatic hydroxyl groups is 1. The van der Waals surface area contributed by atoms with Crippen molar-refractivity contribution >= 4 is 5.78 Å². The molecule has 0 amide bonds. The second-order valence-electron chi connectivity index (χ2n) is 10.0. The zero-order chi connectivity index (χ0) is 20.7. The van der Waals surface area contributed by atoms with Crippen LogP contribution in [-0.4, -0.2) is 30.7 Å². The second kappa shape index (κ2) is 7.37. The Morgan fingerprint density at radius 3 is 2.39 bits per heavy atom. The van der Waals surface area contributed by atoms with E-state index < -0.39 is 5.60 Å². The predicted octanol–water partition coefficient (Wildman–Crippen LogP) is 5.27. The van der Waals surface area contributed by atoms with Gasteiger partial charge in [0.1, 0.15) is 0 Å². The van der Waals surface area contributed by atoms with Crippen LogP contribution in [0, 0.1) is 22.7 Å². The van der Waals surface area contributed by atoms with Gasteiger partial charge in [0, 0.05) is 17.9 Å². The van der Waals surface area contributed by atoms with Crippen LogP contribution >= 0.6 is 0 Å². The molecule has 2 aliphatic carbocycles. The van der Waals surface area contributed by atoms with Gasteiger partial charge in [0.25, 0.3) is 0 Å². The topological polar surface area (TPSA) is 55.8 Å². The highest BCUT2D eigenvalue weighted by Crippen LogP contribution is 2.62. The Kier molecular flexibility index (Phi) is 5.57. The number of ketones is 1. The Bertz CT molecular complexity index is 736. The summed E-state index contributed by atoms with van der Waals surface area (Å²) in [5.41, 5.74) is 0.0450. The summed E-state index contributed by atoms with van der Waals surface area (Å²) in [6.07, 6.45) is 5.65. The van der Waals surface area contributed by atoms with E-state index >= 15 is 0 Å². The van der Waals surface area contributed by atoms with Crippen LogP contribution in [0.3, 0.4) is 0 Å². The maximum atomic E-state index is 13.2. The summed E-state index contributed by atoms with van der Waals surface area (Å²) in [5.74, 6) is 1.74. The first kappa shape index (κ1) is 21.2. The van der Waals surface area contributed by atoms with Crippen LogP contribution in [0.25, 0.3) is 0 Å². The van der Waals surface area contributed by atoms with Crippen LogP contribution in [0.4, 0.5) is 0 Å². The lowest BCUT2D eigenvalue weighted by atomic mass is 9.45. The number of carbonyl (C=O) groups excluding carboxylic acids is 1. The quantitative estimate of drug-likeness (QED) is 0.698. The number of fused-ring (bicyclic) bond motifs is 1. The molecular weight excluding hydrogens is 352 g/mol. The second-order valence-corrected chi connectivity index (χ2v) is 10.0. The first-order valence-corrected chi connectivity index (χ1v) is 10.5. The van der Waals surface area contributed by atoms with Gasteiger partial charge >= 0.3 is 0 Å². The van der Waals surface area contributed by atoms with Crippen LogP contribution < -0.4 is 9.47 Å². The number of rotatable bonds is 5. The van der Waals surface area contributed by atoms with Crippen molar-refractivity contribution in [1.82, 2.24) is 0 Å². The van der Waals surface area contributed by atoms with Crippen molar-refractivity contribution in [1.29, 1.82) is 0 Å². The van der Waals surface area contributed by atoms with Gasteiger partial charge in [-0.25, -0.2) is 0 Å². The highest BCUT2D eigenvalue weighted by atomic mass is 16.5. The summed E-state index contributed by atoms with van der Waals surface area (Å²) < 4.78 is 10.7. The van der Waals surface area contributed by atoms with Crippen LogP contribution in [0.15, 0.2) is 18.2 Å². The van der Waals surface area contributed by atoms with Gasteiger partial charge in [0.05, 0.1) is 19.8 Å². The fourth-order valence-electron chi connectivity index (χ4n) is 6.39. The van der Waals surface area contributed by atoms with Crippen LogP contribution in [0.5, 0.6) is 11.5 Å². The number of benzene rings is 1. The molecule has 0 heterocycles. The van der Waals surface area contributed by atoms with Crippen molar-refractivity contribution in [3.63, 3.8) is 0 Å². The third-order valence-electron chi connectivity index (χ3n) is 7.86. The van der Waals surface area contributed by atoms with Crippen LogP contribution in [-0.2, 0) is 0 Å². The summed E-state index contributed by atoms with van der Waals surface area (Å²) in [6.45, 7) is 8.98. The van der Waals surface area contributed by atoms with E-state index in [1.807, 2.05) is 6.92 Å². The third kappa shape index (κ3) is 3.56. The van der Waals surface area contributed by atoms with E-state index in [0.29, 0.717) is 29.4 Å². The van der Waals surface area contributed by atoms with E-state index in [0.717, 1.165) is 25.7 Å². The van der Waals surface area contributed by atoms with Gasteiger partial charge in [0.2, 0.25) is 0 Å². The summed E-state index contributed by atoms with van der Waals surface area (Å²) >= 11 is 0. The van der Waals surface area contributed by atoms with Crippen LogP contribution in [0.1, 0.15) is 76.6 Å². The van der Waals surface area contributed by atoms with Crippen molar-refractivity contribution in [3.05, 3.63) is 23.8 Å². The molecule has 4 heteroatoms. The normalized spacial score (nSPS) is 34.4. The minimum Gasteiger partial charge on any atom is -0.493 e. The molecule has 1 N–H and O–H groups in total. The fourth-order valence-corrected chi connectivity index (χ4v) is 6.39. The SMILES string of the molecule is COc1ccc(C(=O)C[C@@H]2[C@@]3(C)CCCC(C)(C)C3CC[C@@]2(C)O)cc1OC. The lowest BCUT2D eigenvalue weighted by Gasteiger charge is -2.61. The molecule has 0 aliphatic heterocycles. The molecule has 0 saturated heterocycles. The molecule has 0 aromatic heterocycles. The van der Waals surface area contributed by atoms with Crippen molar-refractivity contribution in [2.75, 3.05) is 14.2 Å². The molecule has 4 nitrogen and oxygen atoms in total. The van der Waals surface area contributed by atoms with Gasteiger partial charge < -0.3 is 14.6 Å². The standard InChI is InChI=1S/C24H36O4/c1-22(2)11-7-12-23(3)20(22)10-13-24(4,26)21(23)15-17(25)16-8-9-18(27-5)19(14-16)28-6/h8-9,14,20-21,26H,7,10-13,15H2,1-6H3/t20?,21-,23+,24-/m1/s1. The summed E-state index contributed by atoms with van der Waals surface area (Å²) in [4.78, 5) is 13.2. The molecule has 1 aromatic rings. The first-order valence-electron chi connectivity index (χ1n) is 10.5. The molecule has 4 atom stereocenters. The molecule has 156 valence electrons. The smallest absolute Gasteiger partial charge is 0.163 e. The maximum absolute atomic E-state index is 13.2.